The first-order chi connectivity index (χ1) is 8.39. The molecule has 0 amide bonds. The predicted molar refractivity (Wildman–Crippen MR) is 68.1 cm³/mol. The number of nitrogens with zero attached hydrogens (tertiary/aromatic N) is 1. The van der Waals surface area contributed by atoms with Crippen molar-refractivity contribution in [1.29, 1.82) is 0 Å². The van der Waals surface area contributed by atoms with Crippen LogP contribution < -0.4 is 0 Å². The van der Waals surface area contributed by atoms with Crippen LogP contribution >= 0.6 is 0 Å². The van der Waals surface area contributed by atoms with Crippen molar-refractivity contribution in [3.05, 3.63) is 28.8 Å². The van der Waals surface area contributed by atoms with Crippen molar-refractivity contribution in [3.63, 3.8) is 0 Å². The van der Waals surface area contributed by atoms with Crippen LogP contribution in [0.2, 0.25) is 0 Å². The maximum atomic E-state index is 12.6. The fourth-order valence-corrected chi connectivity index (χ4v) is 4.75. The second-order valence-electron chi connectivity index (χ2n) is 5.26. The molecule has 0 radical (unpaired) electrons. The Hall–Kier alpha value is -0.910. The molecule has 4 nitrogen and oxygen atoms in total. The summed E-state index contributed by atoms with van der Waals surface area (Å²) in [4.78, 5) is 0.467. The van der Waals surface area contributed by atoms with Crippen molar-refractivity contribution in [3.8, 4) is 0 Å². The number of epoxide rings is 1. The standard InChI is InChI=1S/C13H17NO3S/c1-8-4-9(2)13(10(3)5-8)18(15,16)14-6-11-12(7-14)17-11/h4-5,11-12H,6-7H2,1-3H3/t11-,12+. The van der Waals surface area contributed by atoms with Gasteiger partial charge in [-0.1, -0.05) is 17.7 Å². The minimum absolute atomic E-state index is 0.130. The van der Waals surface area contributed by atoms with Gasteiger partial charge in [0.05, 0.1) is 17.1 Å². The van der Waals surface area contributed by atoms with Gasteiger partial charge in [-0.2, -0.15) is 4.31 Å². The predicted octanol–water partition coefficient (Wildman–Crippen LogP) is 1.38. The van der Waals surface area contributed by atoms with Crippen LogP contribution in [0.15, 0.2) is 17.0 Å². The lowest BCUT2D eigenvalue weighted by Crippen LogP contribution is -2.32. The Bertz CT molecular complexity index is 576. The van der Waals surface area contributed by atoms with E-state index in [0.29, 0.717) is 18.0 Å². The fourth-order valence-electron chi connectivity index (χ4n) is 2.88. The number of hydrogen-bond donors (Lipinski definition) is 0. The molecule has 0 N–H and O–H groups in total. The van der Waals surface area contributed by atoms with E-state index in [1.807, 2.05) is 32.9 Å². The van der Waals surface area contributed by atoms with E-state index in [2.05, 4.69) is 0 Å². The summed E-state index contributed by atoms with van der Waals surface area (Å²) in [5.74, 6) is 0. The highest BCUT2D eigenvalue weighted by Gasteiger charge is 2.51. The van der Waals surface area contributed by atoms with E-state index in [9.17, 15) is 8.42 Å². The Labute approximate surface area is 108 Å². The zero-order valence-electron chi connectivity index (χ0n) is 10.8. The van der Waals surface area contributed by atoms with Gasteiger partial charge in [0.15, 0.2) is 0 Å². The highest BCUT2D eigenvalue weighted by atomic mass is 32.2. The molecule has 2 atom stereocenters. The summed E-state index contributed by atoms with van der Waals surface area (Å²) in [6.45, 7) is 6.70. The molecule has 2 fully saturated rings. The third-order valence-corrected chi connectivity index (χ3v) is 5.80. The first-order valence-corrected chi connectivity index (χ1v) is 7.57. The smallest absolute Gasteiger partial charge is 0.243 e. The van der Waals surface area contributed by atoms with Crippen LogP contribution in [0.5, 0.6) is 0 Å². The third-order valence-electron chi connectivity index (χ3n) is 3.66. The van der Waals surface area contributed by atoms with Gasteiger partial charge in [-0.3, -0.25) is 0 Å². The molecule has 0 saturated carbocycles. The summed E-state index contributed by atoms with van der Waals surface area (Å²) in [6.07, 6.45) is 0.261. The molecular weight excluding hydrogens is 250 g/mol. The van der Waals surface area contributed by atoms with Crippen LogP contribution in [0.25, 0.3) is 0 Å². The summed E-state index contributed by atoms with van der Waals surface area (Å²) in [7, 11) is -3.37. The molecule has 2 saturated heterocycles. The van der Waals surface area contributed by atoms with Crippen LogP contribution in [0.4, 0.5) is 0 Å². The fraction of sp³-hybridized carbons (Fsp3) is 0.538. The second kappa shape index (κ2) is 3.79. The van der Waals surface area contributed by atoms with Crippen LogP contribution in [0, 0.1) is 20.8 Å². The van der Waals surface area contributed by atoms with Crippen LogP contribution in [-0.2, 0) is 14.8 Å². The minimum atomic E-state index is -3.37. The second-order valence-corrected chi connectivity index (χ2v) is 7.14. The molecule has 1 aromatic carbocycles. The van der Waals surface area contributed by atoms with E-state index in [4.69, 9.17) is 4.74 Å². The number of benzene rings is 1. The number of ether oxygens (including phenoxy) is 1. The molecule has 5 heteroatoms. The number of fused-ring (bicyclic) bond motifs is 1. The van der Waals surface area contributed by atoms with Gasteiger partial charge in [0.1, 0.15) is 0 Å². The number of hydrogen-bond acceptors (Lipinski definition) is 3. The van der Waals surface area contributed by atoms with Crippen molar-refractivity contribution in [1.82, 2.24) is 4.31 Å². The Balaban J connectivity index is 2.03. The largest absolute Gasteiger partial charge is 0.367 e. The van der Waals surface area contributed by atoms with E-state index in [1.165, 1.54) is 0 Å². The van der Waals surface area contributed by atoms with Gasteiger partial charge in [-0.05, 0) is 31.9 Å². The van der Waals surface area contributed by atoms with Gasteiger partial charge in [0.25, 0.3) is 0 Å². The monoisotopic (exact) mass is 267 g/mol. The lowest BCUT2D eigenvalue weighted by atomic mass is 10.1. The van der Waals surface area contributed by atoms with E-state index in [1.54, 1.807) is 4.31 Å². The molecule has 1 aromatic rings. The highest BCUT2D eigenvalue weighted by molar-refractivity contribution is 7.89. The molecule has 0 bridgehead atoms. The number of rotatable bonds is 2. The van der Waals surface area contributed by atoms with Gasteiger partial charge in [-0.15, -0.1) is 0 Å². The van der Waals surface area contributed by atoms with Crippen molar-refractivity contribution in [2.75, 3.05) is 13.1 Å². The van der Waals surface area contributed by atoms with Gasteiger partial charge < -0.3 is 4.74 Å². The number of morpholine rings is 1. The summed E-state index contributed by atoms with van der Waals surface area (Å²) in [5, 5.41) is 0. The van der Waals surface area contributed by atoms with Gasteiger partial charge >= 0.3 is 0 Å². The molecule has 2 heterocycles. The molecule has 0 spiro atoms. The summed E-state index contributed by atoms with van der Waals surface area (Å²) >= 11 is 0. The summed E-state index contributed by atoms with van der Waals surface area (Å²) in [6, 6.07) is 3.85. The quantitative estimate of drug-likeness (QED) is 0.761. The van der Waals surface area contributed by atoms with Crippen molar-refractivity contribution >= 4 is 10.0 Å². The average molecular weight is 267 g/mol. The van der Waals surface area contributed by atoms with Crippen molar-refractivity contribution < 1.29 is 13.2 Å². The maximum absolute atomic E-state index is 12.6. The van der Waals surface area contributed by atoms with Crippen molar-refractivity contribution in [2.45, 2.75) is 37.9 Å². The molecule has 0 aliphatic carbocycles. The maximum Gasteiger partial charge on any atom is 0.243 e. The van der Waals surface area contributed by atoms with E-state index in [-0.39, 0.29) is 12.2 Å². The zero-order valence-corrected chi connectivity index (χ0v) is 11.6. The SMILES string of the molecule is Cc1cc(C)c(S(=O)(=O)N2C[C@@H]3O[C@@H]3C2)c(C)c1. The van der Waals surface area contributed by atoms with Gasteiger partial charge in [0.2, 0.25) is 10.0 Å². The Morgan fingerprint density at radius 2 is 1.61 bits per heavy atom. The molecule has 0 aromatic heterocycles. The van der Waals surface area contributed by atoms with E-state index in [0.717, 1.165) is 16.7 Å². The normalized spacial score (nSPS) is 27.3. The molecule has 18 heavy (non-hydrogen) atoms. The van der Waals surface area contributed by atoms with Gasteiger partial charge in [-0.25, -0.2) is 8.42 Å². The lowest BCUT2D eigenvalue weighted by molar-refractivity contribution is 0.272. The molecular formula is C13H17NO3S. The Kier molecular flexibility index (Phi) is 2.56. The lowest BCUT2D eigenvalue weighted by Gasteiger charge is -2.20. The minimum Gasteiger partial charge on any atom is -0.367 e. The topological polar surface area (TPSA) is 49.9 Å². The molecule has 0 unspecified atom stereocenters. The molecule has 2 aliphatic heterocycles. The Morgan fingerprint density at radius 1 is 1.11 bits per heavy atom. The zero-order chi connectivity index (χ0) is 13.1. The van der Waals surface area contributed by atoms with E-state index >= 15 is 0 Å². The van der Waals surface area contributed by atoms with Crippen LogP contribution in [0.1, 0.15) is 16.7 Å². The number of sulfonamides is 1. The van der Waals surface area contributed by atoms with Crippen LogP contribution in [-0.4, -0.2) is 38.0 Å². The van der Waals surface area contributed by atoms with Crippen molar-refractivity contribution in [2.24, 2.45) is 0 Å². The molecule has 3 rings (SSSR count). The van der Waals surface area contributed by atoms with Gasteiger partial charge in [0, 0.05) is 13.1 Å². The number of aryl methyl sites for hydroxylation is 3. The first-order valence-electron chi connectivity index (χ1n) is 6.13. The molecule has 2 aliphatic rings. The third kappa shape index (κ3) is 1.77. The highest BCUT2D eigenvalue weighted by Crippen LogP contribution is 2.35. The summed E-state index contributed by atoms with van der Waals surface area (Å²) in [5.41, 5.74) is 2.75. The average Bonchev–Trinajstić information content (AvgIpc) is 2.83. The Morgan fingerprint density at radius 3 is 2.11 bits per heavy atom. The van der Waals surface area contributed by atoms with E-state index < -0.39 is 10.0 Å². The summed E-state index contributed by atoms with van der Waals surface area (Å²) < 4.78 is 32.1. The first kappa shape index (κ1) is 12.1. The van der Waals surface area contributed by atoms with Crippen LogP contribution in [0.3, 0.4) is 0 Å². The molecule has 98 valence electrons.